The summed E-state index contributed by atoms with van der Waals surface area (Å²) in [6, 6.07) is 10.7. The molecule has 0 radical (unpaired) electrons. The van der Waals surface area contributed by atoms with E-state index in [0.29, 0.717) is 24.3 Å². The number of benzene rings is 2. The third-order valence-corrected chi connectivity index (χ3v) is 4.34. The molecule has 2 aromatic rings. The van der Waals surface area contributed by atoms with Crippen molar-refractivity contribution in [3.8, 4) is 5.75 Å². The van der Waals surface area contributed by atoms with E-state index >= 15 is 0 Å². The van der Waals surface area contributed by atoms with Crippen molar-refractivity contribution in [2.24, 2.45) is 0 Å². The Morgan fingerprint density at radius 2 is 2.00 bits per heavy atom. The number of anilines is 1. The van der Waals surface area contributed by atoms with Gasteiger partial charge in [-0.2, -0.15) is 13.2 Å². The number of urea groups is 1. The van der Waals surface area contributed by atoms with Crippen LogP contribution in [0, 0.1) is 0 Å². The normalized spacial score (nSPS) is 15.0. The summed E-state index contributed by atoms with van der Waals surface area (Å²) in [5, 5.41) is 5.38. The minimum atomic E-state index is -4.52. The van der Waals surface area contributed by atoms with Gasteiger partial charge >= 0.3 is 12.2 Å². The van der Waals surface area contributed by atoms with Gasteiger partial charge in [-0.15, -0.1) is 0 Å². The van der Waals surface area contributed by atoms with Gasteiger partial charge in [-0.3, -0.25) is 9.69 Å². The molecule has 0 spiro atoms. The van der Waals surface area contributed by atoms with Crippen LogP contribution in [0.4, 0.5) is 23.7 Å². The molecule has 1 unspecified atom stereocenters. The summed E-state index contributed by atoms with van der Waals surface area (Å²) in [7, 11) is 0. The van der Waals surface area contributed by atoms with Crippen LogP contribution in [-0.4, -0.2) is 37.7 Å². The predicted molar refractivity (Wildman–Crippen MR) is 101 cm³/mol. The zero-order valence-corrected chi connectivity index (χ0v) is 15.6. The van der Waals surface area contributed by atoms with E-state index in [0.717, 1.165) is 6.07 Å². The van der Waals surface area contributed by atoms with Crippen LogP contribution in [0.3, 0.4) is 0 Å². The highest BCUT2D eigenvalue weighted by atomic mass is 19.4. The van der Waals surface area contributed by atoms with Crippen molar-refractivity contribution in [1.82, 2.24) is 10.6 Å². The Morgan fingerprint density at radius 3 is 2.69 bits per heavy atom. The minimum absolute atomic E-state index is 0.132. The largest absolute Gasteiger partial charge is 0.491 e. The van der Waals surface area contributed by atoms with Gasteiger partial charge in [0, 0.05) is 24.3 Å². The molecule has 2 aromatic carbocycles. The van der Waals surface area contributed by atoms with Gasteiger partial charge in [0.2, 0.25) is 0 Å². The first-order chi connectivity index (χ1) is 13.8. The third kappa shape index (κ3) is 4.98. The number of rotatable bonds is 6. The summed E-state index contributed by atoms with van der Waals surface area (Å²) in [6.07, 6.45) is -4.52. The van der Waals surface area contributed by atoms with E-state index in [4.69, 9.17) is 4.74 Å². The summed E-state index contributed by atoms with van der Waals surface area (Å²) in [4.78, 5) is 25.8. The number of para-hydroxylation sites is 1. The van der Waals surface area contributed by atoms with Crippen molar-refractivity contribution < 1.29 is 27.5 Å². The maximum absolute atomic E-state index is 13.0. The van der Waals surface area contributed by atoms with E-state index in [2.05, 4.69) is 10.6 Å². The van der Waals surface area contributed by atoms with Crippen molar-refractivity contribution in [3.63, 3.8) is 0 Å². The number of hydrogen-bond donors (Lipinski definition) is 2. The van der Waals surface area contributed by atoms with E-state index in [9.17, 15) is 22.8 Å². The lowest BCUT2D eigenvalue weighted by Crippen LogP contribution is -2.37. The average Bonchev–Trinajstić information content (AvgIpc) is 3.12. The molecule has 3 rings (SSSR count). The van der Waals surface area contributed by atoms with E-state index in [-0.39, 0.29) is 18.4 Å². The van der Waals surface area contributed by atoms with E-state index in [1.807, 2.05) is 0 Å². The maximum Gasteiger partial charge on any atom is 0.419 e. The van der Waals surface area contributed by atoms with Gasteiger partial charge in [-0.1, -0.05) is 18.2 Å². The SMILES string of the molecule is CC(COc1ccccc1C(F)(F)F)NC(=O)c1cccc(N2CCNC2=O)c1. The number of alkyl halides is 3. The number of amides is 3. The Kier molecular flexibility index (Phi) is 5.95. The lowest BCUT2D eigenvalue weighted by Gasteiger charge is -2.19. The number of ether oxygens (including phenoxy) is 1. The van der Waals surface area contributed by atoms with E-state index < -0.39 is 23.7 Å². The molecule has 1 fully saturated rings. The van der Waals surface area contributed by atoms with Crippen molar-refractivity contribution in [3.05, 3.63) is 59.7 Å². The topological polar surface area (TPSA) is 70.7 Å². The summed E-state index contributed by atoms with van der Waals surface area (Å²) in [6.45, 7) is 2.54. The molecule has 6 nitrogen and oxygen atoms in total. The summed E-state index contributed by atoms with van der Waals surface area (Å²) in [5.41, 5.74) is 0.0653. The van der Waals surface area contributed by atoms with Crippen molar-refractivity contribution >= 4 is 17.6 Å². The van der Waals surface area contributed by atoms with Gasteiger partial charge in [0.25, 0.3) is 5.91 Å². The van der Waals surface area contributed by atoms with Crippen LogP contribution in [0.25, 0.3) is 0 Å². The van der Waals surface area contributed by atoms with Crippen LogP contribution in [0.15, 0.2) is 48.5 Å². The Bertz CT molecular complexity index is 902. The molecular weight excluding hydrogens is 387 g/mol. The first-order valence-corrected chi connectivity index (χ1v) is 9.01. The second-order valence-corrected chi connectivity index (χ2v) is 6.61. The van der Waals surface area contributed by atoms with Crippen LogP contribution < -0.4 is 20.3 Å². The number of halogens is 3. The van der Waals surface area contributed by atoms with Gasteiger partial charge in [0.1, 0.15) is 12.4 Å². The lowest BCUT2D eigenvalue weighted by atomic mass is 10.1. The molecule has 0 aliphatic carbocycles. The van der Waals surface area contributed by atoms with Gasteiger partial charge in [-0.05, 0) is 37.3 Å². The Balaban J connectivity index is 1.61. The van der Waals surface area contributed by atoms with Crippen LogP contribution in [0.5, 0.6) is 5.75 Å². The smallest absolute Gasteiger partial charge is 0.419 e. The number of nitrogens with one attached hydrogen (secondary N) is 2. The molecule has 2 N–H and O–H groups in total. The fraction of sp³-hybridized carbons (Fsp3) is 0.300. The highest BCUT2D eigenvalue weighted by molar-refractivity contribution is 5.98. The number of nitrogens with zero attached hydrogens (tertiary/aromatic N) is 1. The van der Waals surface area contributed by atoms with Crippen LogP contribution in [0.1, 0.15) is 22.8 Å². The molecule has 0 bridgehead atoms. The van der Waals surface area contributed by atoms with Gasteiger partial charge in [0.05, 0.1) is 11.6 Å². The summed E-state index contributed by atoms with van der Waals surface area (Å²) in [5.74, 6) is -0.699. The highest BCUT2D eigenvalue weighted by Crippen LogP contribution is 2.35. The van der Waals surface area contributed by atoms with Crippen LogP contribution >= 0.6 is 0 Å². The van der Waals surface area contributed by atoms with Crippen LogP contribution in [0.2, 0.25) is 0 Å². The second kappa shape index (κ2) is 8.42. The molecule has 1 aliphatic heterocycles. The molecule has 1 saturated heterocycles. The summed E-state index contributed by atoms with van der Waals surface area (Å²) < 4.78 is 44.3. The molecule has 29 heavy (non-hydrogen) atoms. The molecule has 3 amide bonds. The van der Waals surface area contributed by atoms with Gasteiger partial charge < -0.3 is 15.4 Å². The van der Waals surface area contributed by atoms with E-state index in [1.54, 1.807) is 31.2 Å². The molecule has 0 aromatic heterocycles. The zero-order chi connectivity index (χ0) is 21.0. The molecule has 0 saturated carbocycles. The highest BCUT2D eigenvalue weighted by Gasteiger charge is 2.34. The third-order valence-electron chi connectivity index (χ3n) is 4.34. The monoisotopic (exact) mass is 407 g/mol. The van der Waals surface area contributed by atoms with Gasteiger partial charge in [-0.25, -0.2) is 4.79 Å². The molecule has 1 heterocycles. The Hall–Kier alpha value is -3.23. The average molecular weight is 407 g/mol. The van der Waals surface area contributed by atoms with Crippen molar-refractivity contribution in [2.45, 2.75) is 19.1 Å². The standard InChI is InChI=1S/C20H20F3N3O3/c1-13(12-29-17-8-3-2-7-16(17)20(21,22)23)25-18(27)14-5-4-6-15(11-14)26-10-9-24-19(26)28/h2-8,11,13H,9-10,12H2,1H3,(H,24,28)(H,25,27). The van der Waals surface area contributed by atoms with Crippen molar-refractivity contribution in [1.29, 1.82) is 0 Å². The Labute approximate surface area is 165 Å². The fourth-order valence-corrected chi connectivity index (χ4v) is 2.92. The number of carbonyl (C=O) groups excluding carboxylic acids is 2. The number of carbonyl (C=O) groups is 2. The summed E-state index contributed by atoms with van der Waals surface area (Å²) >= 11 is 0. The molecule has 9 heteroatoms. The predicted octanol–water partition coefficient (Wildman–Crippen LogP) is 3.43. The lowest BCUT2D eigenvalue weighted by molar-refractivity contribution is -0.139. The Morgan fingerprint density at radius 1 is 1.24 bits per heavy atom. The first kappa shape index (κ1) is 20.5. The number of hydrogen-bond acceptors (Lipinski definition) is 3. The first-order valence-electron chi connectivity index (χ1n) is 9.01. The minimum Gasteiger partial charge on any atom is -0.491 e. The zero-order valence-electron chi connectivity index (χ0n) is 15.6. The maximum atomic E-state index is 13.0. The molecule has 154 valence electrons. The van der Waals surface area contributed by atoms with Gasteiger partial charge in [0.15, 0.2) is 0 Å². The van der Waals surface area contributed by atoms with Crippen molar-refractivity contribution in [2.75, 3.05) is 24.6 Å². The quantitative estimate of drug-likeness (QED) is 0.771. The molecule has 1 aliphatic rings. The second-order valence-electron chi connectivity index (χ2n) is 6.61. The molecule has 1 atom stereocenters. The van der Waals surface area contributed by atoms with E-state index in [1.165, 1.54) is 23.1 Å². The van der Waals surface area contributed by atoms with Crippen LogP contribution in [-0.2, 0) is 6.18 Å². The fourth-order valence-electron chi connectivity index (χ4n) is 2.92. The molecular formula is C20H20F3N3O3.